The zero-order chi connectivity index (χ0) is 11.5. The van der Waals surface area contributed by atoms with Crippen molar-refractivity contribution in [3.05, 3.63) is 45.6 Å². The van der Waals surface area contributed by atoms with Gasteiger partial charge in [-0.15, -0.1) is 0 Å². The number of hydrogen-bond donors (Lipinski definition) is 0. The summed E-state index contributed by atoms with van der Waals surface area (Å²) in [6, 6.07) is 5.64. The van der Waals surface area contributed by atoms with E-state index in [1.807, 2.05) is 31.2 Å². The maximum Gasteiger partial charge on any atom is 0.227 e. The van der Waals surface area contributed by atoms with Gasteiger partial charge in [-0.2, -0.15) is 0 Å². The molecule has 0 aliphatic carbocycles. The van der Waals surface area contributed by atoms with Gasteiger partial charge in [0, 0.05) is 10.0 Å². The Hall–Kier alpha value is -1.09. The lowest BCUT2D eigenvalue weighted by Gasteiger charge is -2.15. The number of carbonyl (C=O) groups is 1. The number of ketones is 1. The van der Waals surface area contributed by atoms with Crippen LogP contribution in [0, 0.1) is 6.92 Å². The first-order chi connectivity index (χ1) is 7.70. The summed E-state index contributed by atoms with van der Waals surface area (Å²) in [7, 11) is 0. The summed E-state index contributed by atoms with van der Waals surface area (Å²) in [4.78, 5) is 12.2. The molecule has 0 unspecified atom stereocenters. The van der Waals surface area contributed by atoms with Gasteiger partial charge in [0.1, 0.15) is 0 Å². The van der Waals surface area contributed by atoms with E-state index in [-0.39, 0.29) is 5.78 Å². The van der Waals surface area contributed by atoms with Crippen molar-refractivity contribution in [2.24, 2.45) is 0 Å². The van der Waals surface area contributed by atoms with Gasteiger partial charge >= 0.3 is 0 Å². The molecule has 16 heavy (non-hydrogen) atoms. The Labute approximate surface area is 103 Å². The predicted octanol–water partition coefficient (Wildman–Crippen LogP) is 3.63. The highest BCUT2D eigenvalue weighted by atomic mass is 79.9. The van der Waals surface area contributed by atoms with Crippen LogP contribution in [0.1, 0.15) is 28.8 Å². The molecule has 1 heterocycles. The van der Waals surface area contributed by atoms with Crippen molar-refractivity contribution >= 4 is 21.7 Å². The van der Waals surface area contributed by atoms with Crippen LogP contribution in [0.25, 0.3) is 0 Å². The topological polar surface area (TPSA) is 26.3 Å². The van der Waals surface area contributed by atoms with Crippen LogP contribution in [-0.2, 0) is 4.74 Å². The van der Waals surface area contributed by atoms with Gasteiger partial charge in [0.05, 0.1) is 6.61 Å². The zero-order valence-electron chi connectivity index (χ0n) is 9.13. The van der Waals surface area contributed by atoms with Gasteiger partial charge in [0.15, 0.2) is 5.76 Å². The molecule has 0 amide bonds. The van der Waals surface area contributed by atoms with Crippen molar-refractivity contribution in [1.82, 2.24) is 0 Å². The molecule has 2 rings (SSSR count). The number of benzene rings is 1. The molecule has 0 N–H and O–H groups in total. The molecule has 2 nitrogen and oxygen atoms in total. The summed E-state index contributed by atoms with van der Waals surface area (Å²) in [5, 5.41) is 0. The van der Waals surface area contributed by atoms with E-state index < -0.39 is 0 Å². The Kier molecular flexibility index (Phi) is 3.44. The summed E-state index contributed by atoms with van der Waals surface area (Å²) in [5.74, 6) is 0.478. The molecular formula is C13H13BrO2. The molecule has 3 heteroatoms. The van der Waals surface area contributed by atoms with E-state index in [2.05, 4.69) is 15.9 Å². The lowest BCUT2D eigenvalue weighted by Crippen LogP contribution is -2.12. The summed E-state index contributed by atoms with van der Waals surface area (Å²) in [6.45, 7) is 2.57. The van der Waals surface area contributed by atoms with Crippen molar-refractivity contribution < 1.29 is 9.53 Å². The van der Waals surface area contributed by atoms with Gasteiger partial charge < -0.3 is 4.74 Å². The number of carbonyl (C=O) groups excluding carboxylic acids is 1. The van der Waals surface area contributed by atoms with Crippen molar-refractivity contribution in [2.75, 3.05) is 6.61 Å². The van der Waals surface area contributed by atoms with Gasteiger partial charge in [0.2, 0.25) is 5.78 Å². The first-order valence-electron chi connectivity index (χ1n) is 5.33. The molecule has 0 radical (unpaired) electrons. The maximum absolute atomic E-state index is 12.2. The van der Waals surface area contributed by atoms with Crippen LogP contribution < -0.4 is 0 Å². The molecule has 1 aromatic rings. The van der Waals surface area contributed by atoms with Crippen molar-refractivity contribution in [3.63, 3.8) is 0 Å². The molecule has 0 aromatic heterocycles. The maximum atomic E-state index is 12.2. The standard InChI is InChI=1S/C13H13BrO2/c1-9-10(5-4-6-11(9)14)13(15)12-7-2-3-8-16-12/h4-7H,2-3,8H2,1H3. The van der Waals surface area contributed by atoms with Gasteiger partial charge in [-0.1, -0.05) is 28.1 Å². The first kappa shape index (κ1) is 11.4. The highest BCUT2D eigenvalue weighted by Crippen LogP contribution is 2.23. The molecule has 84 valence electrons. The van der Waals surface area contributed by atoms with Crippen molar-refractivity contribution in [2.45, 2.75) is 19.8 Å². The van der Waals surface area contributed by atoms with Crippen LogP contribution in [0.2, 0.25) is 0 Å². The first-order valence-corrected chi connectivity index (χ1v) is 6.12. The highest BCUT2D eigenvalue weighted by Gasteiger charge is 2.18. The summed E-state index contributed by atoms with van der Waals surface area (Å²) in [6.07, 6.45) is 3.80. The van der Waals surface area contributed by atoms with E-state index >= 15 is 0 Å². The summed E-state index contributed by atoms with van der Waals surface area (Å²) >= 11 is 3.43. The minimum Gasteiger partial charge on any atom is -0.490 e. The SMILES string of the molecule is Cc1c(Br)cccc1C(=O)C1=CCCCO1. The summed E-state index contributed by atoms with van der Waals surface area (Å²) in [5.41, 5.74) is 1.67. The van der Waals surface area contributed by atoms with E-state index in [9.17, 15) is 4.79 Å². The third kappa shape index (κ3) is 2.19. The van der Waals surface area contributed by atoms with E-state index in [0.29, 0.717) is 17.9 Å². The Morgan fingerprint density at radius 2 is 2.25 bits per heavy atom. The van der Waals surface area contributed by atoms with Crippen LogP contribution in [0.4, 0.5) is 0 Å². The quantitative estimate of drug-likeness (QED) is 0.774. The van der Waals surface area contributed by atoms with Gasteiger partial charge in [-0.25, -0.2) is 0 Å². The smallest absolute Gasteiger partial charge is 0.227 e. The fourth-order valence-electron chi connectivity index (χ4n) is 1.70. The number of hydrogen-bond acceptors (Lipinski definition) is 2. The molecule has 0 bridgehead atoms. The second kappa shape index (κ2) is 4.83. The fourth-order valence-corrected chi connectivity index (χ4v) is 2.07. The van der Waals surface area contributed by atoms with E-state index in [4.69, 9.17) is 4.74 Å². The van der Waals surface area contributed by atoms with Gasteiger partial charge in [0.25, 0.3) is 0 Å². The number of halogens is 1. The van der Waals surface area contributed by atoms with Crippen molar-refractivity contribution in [3.8, 4) is 0 Å². The molecule has 0 saturated carbocycles. The normalized spacial score (nSPS) is 15.2. The Morgan fingerprint density at radius 1 is 1.44 bits per heavy atom. The number of allylic oxidation sites excluding steroid dienone is 2. The Balaban J connectivity index is 2.33. The lowest BCUT2D eigenvalue weighted by molar-refractivity contribution is 0.0898. The average Bonchev–Trinajstić information content (AvgIpc) is 2.33. The van der Waals surface area contributed by atoms with Crippen LogP contribution in [0.5, 0.6) is 0 Å². The molecule has 0 spiro atoms. The third-order valence-electron chi connectivity index (χ3n) is 2.67. The highest BCUT2D eigenvalue weighted by molar-refractivity contribution is 9.10. The fraction of sp³-hybridized carbons (Fsp3) is 0.308. The second-order valence-electron chi connectivity index (χ2n) is 3.80. The van der Waals surface area contributed by atoms with E-state index in [0.717, 1.165) is 22.9 Å². The molecular weight excluding hydrogens is 268 g/mol. The zero-order valence-corrected chi connectivity index (χ0v) is 10.7. The van der Waals surface area contributed by atoms with Crippen LogP contribution in [0.15, 0.2) is 34.5 Å². The minimum atomic E-state index is -0.0153. The summed E-state index contributed by atoms with van der Waals surface area (Å²) < 4.78 is 6.34. The molecule has 1 aromatic carbocycles. The third-order valence-corrected chi connectivity index (χ3v) is 3.53. The number of rotatable bonds is 2. The number of Topliss-reactive ketones (excluding diaryl/α,β-unsaturated/α-hetero) is 1. The molecule has 0 atom stereocenters. The monoisotopic (exact) mass is 280 g/mol. The number of ether oxygens (including phenoxy) is 1. The van der Waals surface area contributed by atoms with E-state index in [1.165, 1.54) is 0 Å². The average molecular weight is 281 g/mol. The predicted molar refractivity (Wildman–Crippen MR) is 66.5 cm³/mol. The van der Waals surface area contributed by atoms with Gasteiger partial charge in [-0.05, 0) is 37.5 Å². The van der Waals surface area contributed by atoms with Crippen LogP contribution in [0.3, 0.4) is 0 Å². The van der Waals surface area contributed by atoms with Gasteiger partial charge in [-0.3, -0.25) is 4.79 Å². The van der Waals surface area contributed by atoms with Crippen molar-refractivity contribution in [1.29, 1.82) is 0 Å². The Bertz CT molecular complexity index is 449. The van der Waals surface area contributed by atoms with Crippen LogP contribution >= 0.6 is 15.9 Å². The molecule has 0 fully saturated rings. The van der Waals surface area contributed by atoms with E-state index in [1.54, 1.807) is 0 Å². The largest absolute Gasteiger partial charge is 0.490 e. The minimum absolute atomic E-state index is 0.0153. The molecule has 0 saturated heterocycles. The molecule has 1 aliphatic rings. The molecule has 1 aliphatic heterocycles. The van der Waals surface area contributed by atoms with Crippen LogP contribution in [-0.4, -0.2) is 12.4 Å². The Morgan fingerprint density at radius 3 is 2.94 bits per heavy atom. The lowest BCUT2D eigenvalue weighted by atomic mass is 10.0. The second-order valence-corrected chi connectivity index (χ2v) is 4.65.